The minimum atomic E-state index is -0.666. The molecule has 15 heavy (non-hydrogen) atoms. The van der Waals surface area contributed by atoms with Gasteiger partial charge in [0.05, 0.1) is 11.0 Å². The first kappa shape index (κ1) is 11.3. The lowest BCUT2D eigenvalue weighted by atomic mass is 10.1. The second-order valence-electron chi connectivity index (χ2n) is 3.17. The summed E-state index contributed by atoms with van der Waals surface area (Å²) in [4.78, 5) is 9.83. The van der Waals surface area contributed by atoms with Crippen molar-refractivity contribution in [3.63, 3.8) is 0 Å². The molecule has 1 rings (SSSR count). The molecule has 5 heteroatoms. The first-order valence-corrected chi connectivity index (χ1v) is 4.38. The average Bonchev–Trinajstić information content (AvgIpc) is 2.18. The number of nitrogens with two attached hydrogens (primary N) is 1. The quantitative estimate of drug-likeness (QED) is 0.614. The van der Waals surface area contributed by atoms with E-state index in [1.807, 2.05) is 0 Å². The molecule has 0 unspecified atom stereocenters. The lowest BCUT2D eigenvalue weighted by Crippen LogP contribution is -2.14. The van der Waals surface area contributed by atoms with Crippen LogP contribution in [0.4, 0.5) is 10.1 Å². The van der Waals surface area contributed by atoms with Crippen LogP contribution in [0.1, 0.15) is 12.5 Å². The largest absolute Gasteiger partial charge is 0.322 e. The van der Waals surface area contributed by atoms with Gasteiger partial charge in [0.2, 0.25) is 0 Å². The number of nitro benzene ring substituents is 1. The number of hydrogen-bond donors (Lipinski definition) is 1. The number of non-ortho nitro benzene ring substituents is 1. The van der Waals surface area contributed by atoms with E-state index in [1.165, 1.54) is 37.3 Å². The lowest BCUT2D eigenvalue weighted by Gasteiger charge is -2.00. The van der Waals surface area contributed by atoms with Gasteiger partial charge in [0.25, 0.3) is 5.69 Å². The third-order valence-corrected chi connectivity index (χ3v) is 1.84. The predicted octanol–water partition coefficient (Wildman–Crippen LogP) is 2.25. The Kier molecular flexibility index (Phi) is 3.51. The lowest BCUT2D eigenvalue weighted by molar-refractivity contribution is -0.384. The van der Waals surface area contributed by atoms with Gasteiger partial charge in [0.1, 0.15) is 5.83 Å². The Hall–Kier alpha value is -1.75. The summed E-state index contributed by atoms with van der Waals surface area (Å²) in [5.41, 5.74) is 5.84. The minimum absolute atomic E-state index is 0.0200. The summed E-state index contributed by atoms with van der Waals surface area (Å²) in [6.07, 6.45) is 1.26. The Morgan fingerprint density at radius 3 is 2.47 bits per heavy atom. The van der Waals surface area contributed by atoms with Gasteiger partial charge < -0.3 is 5.73 Å². The van der Waals surface area contributed by atoms with E-state index < -0.39 is 16.8 Å². The zero-order chi connectivity index (χ0) is 11.4. The van der Waals surface area contributed by atoms with Gasteiger partial charge in [-0.15, -0.1) is 0 Å². The van der Waals surface area contributed by atoms with E-state index in [9.17, 15) is 14.5 Å². The third-order valence-electron chi connectivity index (χ3n) is 1.84. The zero-order valence-electron chi connectivity index (χ0n) is 8.18. The van der Waals surface area contributed by atoms with Gasteiger partial charge in [0, 0.05) is 12.1 Å². The molecule has 0 heterocycles. The van der Waals surface area contributed by atoms with Crippen molar-refractivity contribution in [3.8, 4) is 0 Å². The third kappa shape index (κ3) is 3.14. The van der Waals surface area contributed by atoms with Crippen molar-refractivity contribution >= 4 is 11.8 Å². The van der Waals surface area contributed by atoms with Crippen LogP contribution in [0.3, 0.4) is 0 Å². The molecule has 1 atom stereocenters. The molecule has 2 N–H and O–H groups in total. The molecule has 0 fully saturated rings. The molecule has 80 valence electrons. The summed E-state index contributed by atoms with van der Waals surface area (Å²) >= 11 is 0. The fourth-order valence-electron chi connectivity index (χ4n) is 0.983. The van der Waals surface area contributed by atoms with Crippen LogP contribution in [0.15, 0.2) is 30.1 Å². The fraction of sp³-hybridized carbons (Fsp3) is 0.200. The second-order valence-corrected chi connectivity index (χ2v) is 3.17. The molecule has 0 amide bonds. The van der Waals surface area contributed by atoms with Crippen LogP contribution in [0.2, 0.25) is 0 Å². The maximum absolute atomic E-state index is 13.1. The monoisotopic (exact) mass is 210 g/mol. The minimum Gasteiger partial charge on any atom is -0.322 e. The zero-order valence-corrected chi connectivity index (χ0v) is 8.18. The molecule has 0 aliphatic rings. The highest BCUT2D eigenvalue weighted by Gasteiger charge is 2.05. The average molecular weight is 210 g/mol. The molecule has 0 aromatic heterocycles. The SMILES string of the molecule is C[C@H](N)/C(F)=C/c1ccc([N+](=O)[O-])cc1. The van der Waals surface area contributed by atoms with Crippen LogP contribution in [-0.4, -0.2) is 11.0 Å². The number of halogens is 1. The molecule has 0 aliphatic heterocycles. The highest BCUT2D eigenvalue weighted by atomic mass is 19.1. The van der Waals surface area contributed by atoms with Crippen molar-refractivity contribution in [3.05, 3.63) is 45.8 Å². The molecule has 0 saturated carbocycles. The summed E-state index contributed by atoms with van der Waals surface area (Å²) < 4.78 is 13.1. The van der Waals surface area contributed by atoms with Crippen LogP contribution in [0, 0.1) is 10.1 Å². The van der Waals surface area contributed by atoms with Gasteiger partial charge >= 0.3 is 0 Å². The van der Waals surface area contributed by atoms with Crippen molar-refractivity contribution in [2.75, 3.05) is 0 Å². The Bertz CT molecular complexity index is 385. The van der Waals surface area contributed by atoms with Gasteiger partial charge in [0.15, 0.2) is 0 Å². The number of nitrogens with zero attached hydrogens (tertiary/aromatic N) is 1. The molecule has 0 spiro atoms. The Morgan fingerprint density at radius 2 is 2.07 bits per heavy atom. The summed E-state index contributed by atoms with van der Waals surface area (Å²) in [6.45, 7) is 1.53. The molecular weight excluding hydrogens is 199 g/mol. The van der Waals surface area contributed by atoms with E-state index in [4.69, 9.17) is 5.73 Å². The highest BCUT2D eigenvalue weighted by molar-refractivity contribution is 5.54. The van der Waals surface area contributed by atoms with E-state index in [1.54, 1.807) is 0 Å². The van der Waals surface area contributed by atoms with Gasteiger partial charge in [-0.05, 0) is 30.7 Å². The van der Waals surface area contributed by atoms with Gasteiger partial charge in [-0.25, -0.2) is 4.39 Å². The Labute approximate surface area is 86.4 Å². The smallest absolute Gasteiger partial charge is 0.269 e. The van der Waals surface area contributed by atoms with E-state index in [-0.39, 0.29) is 5.69 Å². The molecule has 1 aromatic rings. The van der Waals surface area contributed by atoms with E-state index >= 15 is 0 Å². The number of hydrogen-bond acceptors (Lipinski definition) is 3. The molecule has 0 saturated heterocycles. The Balaban J connectivity index is 2.90. The van der Waals surface area contributed by atoms with Crippen LogP contribution in [0.25, 0.3) is 6.08 Å². The standard InChI is InChI=1S/C10H11FN2O2/c1-7(12)10(11)6-8-2-4-9(5-3-8)13(14)15/h2-7H,12H2,1H3/b10-6-/t7-/m0/s1. The van der Waals surface area contributed by atoms with Crippen LogP contribution in [0.5, 0.6) is 0 Å². The molecule has 4 nitrogen and oxygen atoms in total. The summed E-state index contributed by atoms with van der Waals surface area (Å²) in [6, 6.07) is 4.92. The van der Waals surface area contributed by atoms with Crippen LogP contribution >= 0.6 is 0 Å². The number of nitro groups is 1. The summed E-state index contributed by atoms with van der Waals surface area (Å²) in [5, 5.41) is 10.3. The van der Waals surface area contributed by atoms with Gasteiger partial charge in [-0.3, -0.25) is 10.1 Å². The van der Waals surface area contributed by atoms with E-state index in [0.717, 1.165) is 0 Å². The molecule has 1 aromatic carbocycles. The second kappa shape index (κ2) is 4.65. The van der Waals surface area contributed by atoms with Crippen molar-refractivity contribution in [1.82, 2.24) is 0 Å². The summed E-state index contributed by atoms with van der Waals surface area (Å²) in [7, 11) is 0. The highest BCUT2D eigenvalue weighted by Crippen LogP contribution is 2.15. The van der Waals surface area contributed by atoms with E-state index in [2.05, 4.69) is 0 Å². The first-order chi connectivity index (χ1) is 7.00. The molecular formula is C10H11FN2O2. The van der Waals surface area contributed by atoms with Crippen LogP contribution in [-0.2, 0) is 0 Å². The van der Waals surface area contributed by atoms with E-state index in [0.29, 0.717) is 5.56 Å². The fourth-order valence-corrected chi connectivity index (χ4v) is 0.983. The predicted molar refractivity (Wildman–Crippen MR) is 55.8 cm³/mol. The van der Waals surface area contributed by atoms with Gasteiger partial charge in [-0.1, -0.05) is 0 Å². The van der Waals surface area contributed by atoms with Crippen molar-refractivity contribution in [2.45, 2.75) is 13.0 Å². The molecule has 0 radical (unpaired) electrons. The number of rotatable bonds is 3. The first-order valence-electron chi connectivity index (χ1n) is 4.38. The maximum Gasteiger partial charge on any atom is 0.269 e. The maximum atomic E-state index is 13.1. The van der Waals surface area contributed by atoms with Gasteiger partial charge in [-0.2, -0.15) is 0 Å². The number of benzene rings is 1. The van der Waals surface area contributed by atoms with Crippen LogP contribution < -0.4 is 5.73 Å². The molecule has 0 bridgehead atoms. The summed E-state index contributed by atoms with van der Waals surface area (Å²) in [5.74, 6) is -0.455. The van der Waals surface area contributed by atoms with Crippen molar-refractivity contribution < 1.29 is 9.31 Å². The van der Waals surface area contributed by atoms with Crippen molar-refractivity contribution in [2.24, 2.45) is 5.73 Å². The normalized spacial score (nSPS) is 13.7. The topological polar surface area (TPSA) is 69.2 Å². The Morgan fingerprint density at radius 1 is 1.53 bits per heavy atom. The van der Waals surface area contributed by atoms with Crippen molar-refractivity contribution in [1.29, 1.82) is 0 Å². The molecule has 0 aliphatic carbocycles.